The highest BCUT2D eigenvalue weighted by Crippen LogP contribution is 2.28. The van der Waals surface area contributed by atoms with Crippen LogP contribution in [0, 0.1) is 13.8 Å². The summed E-state index contributed by atoms with van der Waals surface area (Å²) >= 11 is 0. The van der Waals surface area contributed by atoms with Gasteiger partial charge in [0.25, 0.3) is 5.91 Å². The van der Waals surface area contributed by atoms with Crippen molar-refractivity contribution in [1.82, 2.24) is 14.7 Å². The molecule has 1 aliphatic heterocycles. The first-order valence-corrected chi connectivity index (χ1v) is 14.0. The maximum Gasteiger partial charge on any atom is 0.254 e. The fraction of sp³-hybridized carbons (Fsp3) is 0.438. The first-order chi connectivity index (χ1) is 19.4. The second-order valence-corrected chi connectivity index (χ2v) is 10.4. The molecule has 2 amide bonds. The Kier molecular flexibility index (Phi) is 10.2. The molecule has 0 N–H and O–H groups in total. The smallest absolute Gasteiger partial charge is 0.254 e. The van der Waals surface area contributed by atoms with Gasteiger partial charge in [-0.3, -0.25) is 9.59 Å². The number of rotatable bonds is 13. The van der Waals surface area contributed by atoms with Gasteiger partial charge < -0.3 is 28.6 Å². The molecule has 0 radical (unpaired) electrons. The van der Waals surface area contributed by atoms with Crippen molar-refractivity contribution < 1.29 is 23.5 Å². The largest absolute Gasteiger partial charge is 0.493 e. The molecule has 1 fully saturated rings. The number of hydrogen-bond acceptors (Lipinski definition) is 6. The number of benzene rings is 2. The first kappa shape index (κ1) is 29.2. The Morgan fingerprint density at radius 2 is 1.65 bits per heavy atom. The van der Waals surface area contributed by atoms with Gasteiger partial charge in [0.1, 0.15) is 18.1 Å². The van der Waals surface area contributed by atoms with Gasteiger partial charge in [-0.15, -0.1) is 0 Å². The lowest BCUT2D eigenvalue weighted by Gasteiger charge is -2.29. The zero-order valence-electron chi connectivity index (χ0n) is 24.2. The van der Waals surface area contributed by atoms with Gasteiger partial charge in [-0.1, -0.05) is 24.3 Å². The average Bonchev–Trinajstić information content (AvgIpc) is 3.64. The van der Waals surface area contributed by atoms with Gasteiger partial charge in [0, 0.05) is 25.2 Å². The Morgan fingerprint density at radius 3 is 2.33 bits per heavy atom. The summed E-state index contributed by atoms with van der Waals surface area (Å²) in [7, 11) is 3.22. The third kappa shape index (κ3) is 7.66. The van der Waals surface area contributed by atoms with Crippen LogP contribution < -0.4 is 9.47 Å². The summed E-state index contributed by atoms with van der Waals surface area (Å²) < 4.78 is 16.6. The van der Waals surface area contributed by atoms with Gasteiger partial charge >= 0.3 is 0 Å². The maximum atomic E-state index is 13.9. The number of hydrogen-bond donors (Lipinski definition) is 0. The van der Waals surface area contributed by atoms with Gasteiger partial charge in [0.05, 0.1) is 20.8 Å². The standard InChI is InChI=1S/C32H41N3O5/c1-24-9-5-6-10-28(24)32(37)35(20-19-33-16-7-8-17-33)23-31(36)34(22-27-13-11-25(2)40-27)18-15-26-12-14-29(38-3)30(21-26)39-4/h5-6,9-14,21H,7-8,15-20,22-23H2,1-4H3. The molecule has 0 spiro atoms. The van der Waals surface area contributed by atoms with Crippen molar-refractivity contribution >= 4 is 11.8 Å². The lowest BCUT2D eigenvalue weighted by molar-refractivity contribution is -0.132. The van der Waals surface area contributed by atoms with E-state index in [2.05, 4.69) is 4.90 Å². The maximum absolute atomic E-state index is 13.9. The molecule has 0 aliphatic carbocycles. The van der Waals surface area contributed by atoms with E-state index in [1.807, 2.05) is 68.4 Å². The van der Waals surface area contributed by atoms with Crippen molar-refractivity contribution in [2.45, 2.75) is 39.7 Å². The van der Waals surface area contributed by atoms with Crippen LogP contribution in [0.5, 0.6) is 11.5 Å². The molecule has 8 nitrogen and oxygen atoms in total. The van der Waals surface area contributed by atoms with Crippen LogP contribution in [0.2, 0.25) is 0 Å². The molecule has 0 unspecified atom stereocenters. The molecule has 2 aromatic carbocycles. The van der Waals surface area contributed by atoms with E-state index in [1.54, 1.807) is 24.0 Å². The second-order valence-electron chi connectivity index (χ2n) is 10.4. The number of nitrogens with zero attached hydrogens (tertiary/aromatic N) is 3. The highest BCUT2D eigenvalue weighted by molar-refractivity contribution is 5.97. The summed E-state index contributed by atoms with van der Waals surface area (Å²) in [5, 5.41) is 0. The van der Waals surface area contributed by atoms with Crippen molar-refractivity contribution in [2.24, 2.45) is 0 Å². The van der Waals surface area contributed by atoms with Crippen LogP contribution >= 0.6 is 0 Å². The fourth-order valence-electron chi connectivity index (χ4n) is 5.12. The summed E-state index contributed by atoms with van der Waals surface area (Å²) in [6.07, 6.45) is 2.97. The molecule has 0 atom stereocenters. The van der Waals surface area contributed by atoms with Gasteiger partial charge in [-0.05, 0) is 87.7 Å². The van der Waals surface area contributed by atoms with E-state index in [1.165, 1.54) is 12.8 Å². The molecule has 40 heavy (non-hydrogen) atoms. The minimum absolute atomic E-state index is 0.00658. The van der Waals surface area contributed by atoms with E-state index in [4.69, 9.17) is 13.9 Å². The van der Waals surface area contributed by atoms with Crippen LogP contribution in [-0.4, -0.2) is 80.0 Å². The molecular formula is C32H41N3O5. The number of furan rings is 1. The molecule has 1 saturated heterocycles. The van der Waals surface area contributed by atoms with Crippen LogP contribution in [0.25, 0.3) is 0 Å². The predicted molar refractivity (Wildman–Crippen MR) is 155 cm³/mol. The minimum atomic E-state index is -0.113. The molecule has 0 bridgehead atoms. The number of amides is 2. The lowest BCUT2D eigenvalue weighted by Crippen LogP contribution is -2.46. The Hall–Kier alpha value is -3.78. The first-order valence-electron chi connectivity index (χ1n) is 14.0. The second kappa shape index (κ2) is 14.0. The SMILES string of the molecule is COc1ccc(CCN(Cc2ccc(C)o2)C(=O)CN(CCN2CCCC2)C(=O)c2ccccc2C)cc1OC. The number of ether oxygens (including phenoxy) is 2. The molecule has 2 heterocycles. The van der Waals surface area contributed by atoms with Crippen molar-refractivity contribution in [1.29, 1.82) is 0 Å². The quantitative estimate of drug-likeness (QED) is 0.308. The number of carbonyl (C=O) groups is 2. The summed E-state index contributed by atoms with van der Waals surface area (Å²) in [4.78, 5) is 33.4. The van der Waals surface area contributed by atoms with Crippen LogP contribution in [0.1, 0.15) is 45.8 Å². The predicted octanol–water partition coefficient (Wildman–Crippen LogP) is 4.72. The van der Waals surface area contributed by atoms with Gasteiger partial charge in [-0.2, -0.15) is 0 Å². The normalized spacial score (nSPS) is 13.3. The van der Waals surface area contributed by atoms with E-state index in [0.29, 0.717) is 48.9 Å². The van der Waals surface area contributed by atoms with Crippen LogP contribution in [-0.2, 0) is 17.8 Å². The summed E-state index contributed by atoms with van der Waals surface area (Å²) in [5.74, 6) is 2.60. The third-order valence-electron chi connectivity index (χ3n) is 7.49. The van der Waals surface area contributed by atoms with Gasteiger partial charge in [0.15, 0.2) is 11.5 Å². The molecule has 214 valence electrons. The summed E-state index contributed by atoms with van der Waals surface area (Å²) in [6.45, 7) is 7.96. The number of likely N-dealkylation sites (tertiary alicyclic amines) is 1. The zero-order chi connectivity index (χ0) is 28.5. The van der Waals surface area contributed by atoms with Crippen molar-refractivity contribution in [3.05, 3.63) is 82.8 Å². The summed E-state index contributed by atoms with van der Waals surface area (Å²) in [6, 6.07) is 17.1. The molecule has 3 aromatic rings. The highest BCUT2D eigenvalue weighted by Gasteiger charge is 2.25. The monoisotopic (exact) mass is 547 g/mol. The van der Waals surface area contributed by atoms with E-state index < -0.39 is 0 Å². The van der Waals surface area contributed by atoms with E-state index in [9.17, 15) is 9.59 Å². The molecule has 1 aromatic heterocycles. The third-order valence-corrected chi connectivity index (χ3v) is 7.49. The Bertz CT molecular complexity index is 1280. The van der Waals surface area contributed by atoms with Crippen LogP contribution in [0.15, 0.2) is 59.0 Å². The van der Waals surface area contributed by atoms with Gasteiger partial charge in [-0.25, -0.2) is 0 Å². The van der Waals surface area contributed by atoms with Crippen LogP contribution in [0.3, 0.4) is 0 Å². The number of carbonyl (C=O) groups excluding carboxylic acids is 2. The molecular weight excluding hydrogens is 506 g/mol. The Labute approximate surface area is 237 Å². The molecule has 4 rings (SSSR count). The van der Waals surface area contributed by atoms with Crippen molar-refractivity contribution in [3.63, 3.8) is 0 Å². The van der Waals surface area contributed by atoms with E-state index in [-0.39, 0.29) is 18.4 Å². The molecule has 0 saturated carbocycles. The minimum Gasteiger partial charge on any atom is -0.493 e. The fourth-order valence-corrected chi connectivity index (χ4v) is 5.12. The molecule has 8 heteroatoms. The van der Waals surface area contributed by atoms with Crippen LogP contribution in [0.4, 0.5) is 0 Å². The highest BCUT2D eigenvalue weighted by atomic mass is 16.5. The number of methoxy groups -OCH3 is 2. The number of aryl methyl sites for hydroxylation is 2. The summed E-state index contributed by atoms with van der Waals surface area (Å²) in [5.41, 5.74) is 2.56. The Balaban J connectivity index is 1.53. The van der Waals surface area contributed by atoms with E-state index >= 15 is 0 Å². The average molecular weight is 548 g/mol. The zero-order valence-corrected chi connectivity index (χ0v) is 24.2. The van der Waals surface area contributed by atoms with E-state index in [0.717, 1.165) is 36.5 Å². The molecule has 1 aliphatic rings. The van der Waals surface area contributed by atoms with Crippen molar-refractivity contribution in [2.75, 3.05) is 53.5 Å². The topological polar surface area (TPSA) is 75.5 Å². The Morgan fingerprint density at radius 1 is 0.900 bits per heavy atom. The van der Waals surface area contributed by atoms with Gasteiger partial charge in [0.2, 0.25) is 5.91 Å². The lowest BCUT2D eigenvalue weighted by atomic mass is 10.1. The van der Waals surface area contributed by atoms with Crippen molar-refractivity contribution in [3.8, 4) is 11.5 Å².